The Morgan fingerprint density at radius 3 is 2.48 bits per heavy atom. The average Bonchev–Trinajstić information content (AvgIpc) is 2.96. The zero-order valence-corrected chi connectivity index (χ0v) is 14.0. The number of rotatable bonds is 3. The first-order valence-electron chi connectivity index (χ1n) is 7.46. The highest BCUT2D eigenvalue weighted by atomic mass is 32.2. The number of benzene rings is 2. The fourth-order valence-electron chi connectivity index (χ4n) is 3.45. The predicted octanol–water partition coefficient (Wildman–Crippen LogP) is 5.11. The maximum absolute atomic E-state index is 5.28. The summed E-state index contributed by atoms with van der Waals surface area (Å²) in [6, 6.07) is 11.0. The van der Waals surface area contributed by atoms with Crippen LogP contribution in [0.2, 0.25) is 0 Å². The fraction of sp³-hybridized carbons (Fsp3) is 0.368. The van der Waals surface area contributed by atoms with E-state index in [9.17, 15) is 0 Å². The minimum Gasteiger partial charge on any atom is -0.497 e. The Morgan fingerprint density at radius 1 is 1.14 bits per heavy atom. The van der Waals surface area contributed by atoms with E-state index in [0.29, 0.717) is 5.92 Å². The van der Waals surface area contributed by atoms with Gasteiger partial charge in [-0.3, -0.25) is 0 Å². The second kappa shape index (κ2) is 5.76. The molecule has 0 aromatic heterocycles. The predicted molar refractivity (Wildman–Crippen MR) is 90.9 cm³/mol. The van der Waals surface area contributed by atoms with Crippen LogP contribution in [0.5, 0.6) is 5.75 Å². The third kappa shape index (κ3) is 2.46. The molecule has 110 valence electrons. The van der Waals surface area contributed by atoms with Crippen molar-refractivity contribution in [3.8, 4) is 5.75 Å². The minimum absolute atomic E-state index is 0.535. The van der Waals surface area contributed by atoms with Crippen LogP contribution in [0.3, 0.4) is 0 Å². The Labute approximate surface area is 131 Å². The van der Waals surface area contributed by atoms with Gasteiger partial charge in [0.1, 0.15) is 5.75 Å². The third-order valence-electron chi connectivity index (χ3n) is 4.75. The van der Waals surface area contributed by atoms with Gasteiger partial charge in [-0.05, 0) is 79.0 Å². The zero-order chi connectivity index (χ0) is 15.0. The SMILES string of the molecule is COc1ccc(C2CCc3c(C)c(C)cc(SC)c32)cc1. The van der Waals surface area contributed by atoms with E-state index >= 15 is 0 Å². The van der Waals surface area contributed by atoms with E-state index < -0.39 is 0 Å². The zero-order valence-electron chi connectivity index (χ0n) is 13.2. The highest BCUT2D eigenvalue weighted by Crippen LogP contribution is 2.45. The van der Waals surface area contributed by atoms with Gasteiger partial charge in [0.15, 0.2) is 0 Å². The monoisotopic (exact) mass is 298 g/mol. The Balaban J connectivity index is 2.08. The summed E-state index contributed by atoms with van der Waals surface area (Å²) in [6.45, 7) is 4.50. The van der Waals surface area contributed by atoms with Crippen LogP contribution in [-0.4, -0.2) is 13.4 Å². The lowest BCUT2D eigenvalue weighted by atomic mass is 9.91. The summed E-state index contributed by atoms with van der Waals surface area (Å²) in [7, 11) is 1.72. The summed E-state index contributed by atoms with van der Waals surface area (Å²) in [5.74, 6) is 1.47. The first-order valence-corrected chi connectivity index (χ1v) is 8.69. The number of methoxy groups -OCH3 is 1. The van der Waals surface area contributed by atoms with Crippen molar-refractivity contribution in [2.45, 2.75) is 37.5 Å². The van der Waals surface area contributed by atoms with Crippen molar-refractivity contribution >= 4 is 11.8 Å². The van der Waals surface area contributed by atoms with Crippen LogP contribution in [0.1, 0.15) is 40.2 Å². The summed E-state index contributed by atoms with van der Waals surface area (Å²) in [4.78, 5) is 1.45. The molecule has 0 N–H and O–H groups in total. The smallest absolute Gasteiger partial charge is 0.118 e. The molecule has 3 rings (SSSR count). The molecule has 0 amide bonds. The largest absolute Gasteiger partial charge is 0.497 e. The van der Waals surface area contributed by atoms with Crippen LogP contribution in [0.4, 0.5) is 0 Å². The lowest BCUT2D eigenvalue weighted by molar-refractivity contribution is 0.414. The van der Waals surface area contributed by atoms with Gasteiger partial charge < -0.3 is 4.74 Å². The van der Waals surface area contributed by atoms with Crippen molar-refractivity contribution in [1.82, 2.24) is 0 Å². The van der Waals surface area contributed by atoms with Crippen molar-refractivity contribution in [1.29, 1.82) is 0 Å². The summed E-state index contributed by atoms with van der Waals surface area (Å²) >= 11 is 1.88. The number of fused-ring (bicyclic) bond motifs is 1. The number of aryl methyl sites for hydroxylation is 1. The molecule has 0 radical (unpaired) electrons. The molecule has 1 nitrogen and oxygen atoms in total. The molecule has 1 aliphatic rings. The number of hydrogen-bond acceptors (Lipinski definition) is 2. The summed E-state index contributed by atoms with van der Waals surface area (Å²) in [6.07, 6.45) is 4.61. The van der Waals surface area contributed by atoms with E-state index in [1.165, 1.54) is 34.4 Å². The van der Waals surface area contributed by atoms with Crippen LogP contribution in [0.15, 0.2) is 35.2 Å². The molecule has 1 atom stereocenters. The Morgan fingerprint density at radius 2 is 1.86 bits per heavy atom. The molecule has 0 fully saturated rings. The minimum atomic E-state index is 0.535. The number of hydrogen-bond donors (Lipinski definition) is 0. The molecule has 0 saturated heterocycles. The van der Waals surface area contributed by atoms with E-state index in [1.54, 1.807) is 18.2 Å². The van der Waals surface area contributed by atoms with E-state index in [1.807, 2.05) is 11.8 Å². The number of thioether (sulfide) groups is 1. The topological polar surface area (TPSA) is 9.23 Å². The van der Waals surface area contributed by atoms with Crippen molar-refractivity contribution < 1.29 is 4.74 Å². The van der Waals surface area contributed by atoms with E-state index in [2.05, 4.69) is 50.4 Å². The summed E-state index contributed by atoms with van der Waals surface area (Å²) < 4.78 is 5.28. The van der Waals surface area contributed by atoms with E-state index in [0.717, 1.165) is 5.75 Å². The van der Waals surface area contributed by atoms with Crippen LogP contribution in [0.25, 0.3) is 0 Å². The molecule has 0 heterocycles. The molecule has 1 unspecified atom stereocenters. The van der Waals surface area contributed by atoms with Crippen molar-refractivity contribution in [2.24, 2.45) is 0 Å². The molecule has 2 aromatic rings. The van der Waals surface area contributed by atoms with Crippen molar-refractivity contribution in [3.05, 3.63) is 58.1 Å². The number of ether oxygens (including phenoxy) is 1. The molecule has 0 saturated carbocycles. The Kier molecular flexibility index (Phi) is 3.99. The third-order valence-corrected chi connectivity index (χ3v) is 5.53. The average molecular weight is 298 g/mol. The summed E-state index contributed by atoms with van der Waals surface area (Å²) in [5.41, 5.74) is 7.47. The quantitative estimate of drug-likeness (QED) is 0.728. The van der Waals surface area contributed by atoms with Gasteiger partial charge in [-0.1, -0.05) is 12.1 Å². The van der Waals surface area contributed by atoms with E-state index in [-0.39, 0.29) is 0 Å². The van der Waals surface area contributed by atoms with Gasteiger partial charge in [0.25, 0.3) is 0 Å². The normalized spacial score (nSPS) is 16.9. The molecule has 0 bridgehead atoms. The van der Waals surface area contributed by atoms with Crippen molar-refractivity contribution in [3.63, 3.8) is 0 Å². The molecule has 21 heavy (non-hydrogen) atoms. The first kappa shape index (κ1) is 14.5. The van der Waals surface area contributed by atoms with Gasteiger partial charge in [-0.15, -0.1) is 11.8 Å². The molecule has 1 aliphatic carbocycles. The standard InChI is InChI=1S/C19H22OS/c1-12-11-18(21-4)19-16(13(12)2)9-10-17(19)14-5-7-15(20-3)8-6-14/h5-8,11,17H,9-10H2,1-4H3. The van der Waals surface area contributed by atoms with Gasteiger partial charge in [-0.25, -0.2) is 0 Å². The van der Waals surface area contributed by atoms with Crippen LogP contribution >= 0.6 is 11.8 Å². The second-order valence-corrected chi connectivity index (χ2v) is 6.63. The molecule has 0 spiro atoms. The highest BCUT2D eigenvalue weighted by Gasteiger charge is 2.28. The van der Waals surface area contributed by atoms with Gasteiger partial charge in [0.2, 0.25) is 0 Å². The molecule has 2 aromatic carbocycles. The van der Waals surface area contributed by atoms with Gasteiger partial charge in [0, 0.05) is 10.8 Å². The van der Waals surface area contributed by atoms with Crippen LogP contribution < -0.4 is 4.74 Å². The van der Waals surface area contributed by atoms with Crippen LogP contribution in [-0.2, 0) is 6.42 Å². The van der Waals surface area contributed by atoms with Crippen LogP contribution in [0, 0.1) is 13.8 Å². The highest BCUT2D eigenvalue weighted by molar-refractivity contribution is 7.98. The van der Waals surface area contributed by atoms with Gasteiger partial charge >= 0.3 is 0 Å². The fourth-order valence-corrected chi connectivity index (χ4v) is 4.23. The van der Waals surface area contributed by atoms with E-state index in [4.69, 9.17) is 4.74 Å². The Hall–Kier alpha value is -1.41. The first-order chi connectivity index (χ1) is 10.2. The molecular formula is C19H22OS. The molecule has 2 heteroatoms. The lowest BCUT2D eigenvalue weighted by Gasteiger charge is -2.18. The van der Waals surface area contributed by atoms with Gasteiger partial charge in [-0.2, -0.15) is 0 Å². The Bertz CT molecular complexity index is 658. The maximum atomic E-state index is 5.28. The second-order valence-electron chi connectivity index (χ2n) is 5.78. The van der Waals surface area contributed by atoms with Crippen molar-refractivity contribution in [2.75, 3.05) is 13.4 Å². The summed E-state index contributed by atoms with van der Waals surface area (Å²) in [5, 5.41) is 0. The molecular weight excluding hydrogens is 276 g/mol. The lowest BCUT2D eigenvalue weighted by Crippen LogP contribution is -2.00. The molecule has 0 aliphatic heterocycles. The maximum Gasteiger partial charge on any atom is 0.118 e. The van der Waals surface area contributed by atoms with Gasteiger partial charge in [0.05, 0.1) is 7.11 Å².